The van der Waals surface area contributed by atoms with Crippen molar-refractivity contribution in [1.29, 1.82) is 0 Å². The van der Waals surface area contributed by atoms with Gasteiger partial charge in [0.2, 0.25) is 0 Å². The van der Waals surface area contributed by atoms with Crippen molar-refractivity contribution < 1.29 is 4.84 Å². The Hall–Kier alpha value is -0.610. The molecule has 3 nitrogen and oxygen atoms in total. The Morgan fingerprint density at radius 3 is 2.67 bits per heavy atom. The van der Waals surface area contributed by atoms with Gasteiger partial charge in [-0.05, 0) is 49.5 Å². The third kappa shape index (κ3) is 3.95. The number of piperidine rings is 1. The molecule has 1 aliphatic rings. The average Bonchev–Trinajstić information content (AvgIpc) is 2.40. The molecule has 0 spiro atoms. The highest BCUT2D eigenvalue weighted by Gasteiger charge is 2.12. The predicted octanol–water partition coefficient (Wildman–Crippen LogP) is 2.76. The zero-order chi connectivity index (χ0) is 12.8. The second-order valence-electron chi connectivity index (χ2n) is 4.88. The lowest BCUT2D eigenvalue weighted by Crippen LogP contribution is -2.29. The van der Waals surface area contributed by atoms with Crippen LogP contribution in [-0.2, 0) is 17.8 Å². The summed E-state index contributed by atoms with van der Waals surface area (Å²) in [6, 6.07) is 6.27. The number of likely N-dealkylation sites (tertiary alicyclic amines) is 1. The van der Waals surface area contributed by atoms with Crippen molar-refractivity contribution in [3.05, 3.63) is 34.3 Å². The Morgan fingerprint density at radius 1 is 1.22 bits per heavy atom. The molecule has 2 N–H and O–H groups in total. The lowest BCUT2D eigenvalue weighted by Gasteiger charge is -2.26. The molecular formula is C14H21ClN2O. The molecule has 0 aromatic heterocycles. The van der Waals surface area contributed by atoms with Crippen LogP contribution in [0.25, 0.3) is 0 Å². The minimum Gasteiger partial charge on any atom is -0.304 e. The summed E-state index contributed by atoms with van der Waals surface area (Å²) in [6.07, 6.45) is 4.79. The fourth-order valence-corrected chi connectivity index (χ4v) is 2.67. The molecule has 0 radical (unpaired) electrons. The topological polar surface area (TPSA) is 38.5 Å². The average molecular weight is 269 g/mol. The number of nitrogens with zero attached hydrogens (tertiary/aromatic N) is 1. The maximum Gasteiger partial charge on any atom is 0.0719 e. The van der Waals surface area contributed by atoms with Crippen molar-refractivity contribution in [1.82, 2.24) is 4.90 Å². The smallest absolute Gasteiger partial charge is 0.0719 e. The van der Waals surface area contributed by atoms with E-state index in [1.54, 1.807) is 0 Å². The zero-order valence-electron chi connectivity index (χ0n) is 10.7. The summed E-state index contributed by atoms with van der Waals surface area (Å²) in [4.78, 5) is 7.07. The van der Waals surface area contributed by atoms with E-state index < -0.39 is 0 Å². The zero-order valence-corrected chi connectivity index (χ0v) is 11.5. The Labute approximate surface area is 114 Å². The molecule has 1 aliphatic heterocycles. The fourth-order valence-electron chi connectivity index (χ4n) is 2.41. The second-order valence-corrected chi connectivity index (χ2v) is 5.29. The van der Waals surface area contributed by atoms with Crippen molar-refractivity contribution in [2.75, 3.05) is 19.7 Å². The first-order valence-electron chi connectivity index (χ1n) is 6.61. The van der Waals surface area contributed by atoms with Gasteiger partial charge in [-0.15, -0.1) is 0 Å². The number of hydrogen-bond acceptors (Lipinski definition) is 3. The number of nitrogens with two attached hydrogens (primary N) is 1. The van der Waals surface area contributed by atoms with Crippen molar-refractivity contribution in [3.8, 4) is 0 Å². The van der Waals surface area contributed by atoms with E-state index in [4.69, 9.17) is 17.5 Å². The number of benzene rings is 1. The Morgan fingerprint density at radius 2 is 2.00 bits per heavy atom. The highest BCUT2D eigenvalue weighted by atomic mass is 35.5. The molecule has 100 valence electrons. The molecule has 0 aliphatic carbocycles. The third-order valence-corrected chi connectivity index (χ3v) is 3.82. The first-order chi connectivity index (χ1) is 8.79. The normalized spacial score (nSPS) is 17.0. The second kappa shape index (κ2) is 7.10. The predicted molar refractivity (Wildman–Crippen MR) is 74.4 cm³/mol. The van der Waals surface area contributed by atoms with E-state index in [1.165, 1.54) is 43.5 Å². The van der Waals surface area contributed by atoms with Crippen LogP contribution in [0.1, 0.15) is 30.4 Å². The first-order valence-corrected chi connectivity index (χ1v) is 6.99. The van der Waals surface area contributed by atoms with Gasteiger partial charge in [0.05, 0.1) is 6.61 Å². The van der Waals surface area contributed by atoms with Crippen LogP contribution in [0.5, 0.6) is 0 Å². The Bertz CT molecular complexity index is 378. The monoisotopic (exact) mass is 268 g/mol. The third-order valence-electron chi connectivity index (χ3n) is 3.47. The molecule has 1 saturated heterocycles. The first kappa shape index (κ1) is 13.8. The molecule has 0 amide bonds. The van der Waals surface area contributed by atoms with E-state index >= 15 is 0 Å². The summed E-state index contributed by atoms with van der Waals surface area (Å²) in [6.45, 7) is 3.88. The summed E-state index contributed by atoms with van der Waals surface area (Å²) in [5.41, 5.74) is 2.39. The summed E-state index contributed by atoms with van der Waals surface area (Å²) < 4.78 is 0. The Kier molecular flexibility index (Phi) is 5.45. The van der Waals surface area contributed by atoms with Crippen LogP contribution in [0.4, 0.5) is 0 Å². The van der Waals surface area contributed by atoms with Gasteiger partial charge in [-0.3, -0.25) is 4.90 Å². The lowest BCUT2D eigenvalue weighted by atomic mass is 10.1. The van der Waals surface area contributed by atoms with Crippen LogP contribution in [-0.4, -0.2) is 24.6 Å². The Balaban J connectivity index is 1.95. The van der Waals surface area contributed by atoms with Gasteiger partial charge in [0.25, 0.3) is 0 Å². The van der Waals surface area contributed by atoms with Gasteiger partial charge >= 0.3 is 0 Å². The van der Waals surface area contributed by atoms with Crippen LogP contribution in [0.3, 0.4) is 0 Å². The molecule has 4 heteroatoms. The standard InChI is InChI=1S/C14H21ClN2O/c15-14-10-12(6-9-18-16)4-5-13(14)11-17-7-2-1-3-8-17/h4-5,10H,1-3,6-9,11,16H2. The van der Waals surface area contributed by atoms with Gasteiger partial charge in [0.15, 0.2) is 0 Å². The maximum atomic E-state index is 6.33. The largest absolute Gasteiger partial charge is 0.304 e. The van der Waals surface area contributed by atoms with Crippen molar-refractivity contribution >= 4 is 11.6 Å². The maximum absolute atomic E-state index is 6.33. The minimum atomic E-state index is 0.530. The molecule has 1 heterocycles. The molecule has 1 aromatic carbocycles. The van der Waals surface area contributed by atoms with Gasteiger partial charge in [-0.25, -0.2) is 5.90 Å². The van der Waals surface area contributed by atoms with E-state index in [0.717, 1.165) is 18.0 Å². The lowest BCUT2D eigenvalue weighted by molar-refractivity contribution is 0.141. The van der Waals surface area contributed by atoms with E-state index in [9.17, 15) is 0 Å². The molecule has 0 unspecified atom stereocenters. The molecule has 0 atom stereocenters. The number of halogens is 1. The quantitative estimate of drug-likeness (QED) is 0.835. The highest BCUT2D eigenvalue weighted by Crippen LogP contribution is 2.21. The van der Waals surface area contributed by atoms with Gasteiger partial charge in [0.1, 0.15) is 0 Å². The summed E-state index contributed by atoms with van der Waals surface area (Å²) in [7, 11) is 0. The van der Waals surface area contributed by atoms with Crippen molar-refractivity contribution in [2.45, 2.75) is 32.2 Å². The molecule has 1 aromatic rings. The summed E-state index contributed by atoms with van der Waals surface area (Å²) in [5, 5.41) is 0.857. The van der Waals surface area contributed by atoms with E-state index in [-0.39, 0.29) is 0 Å². The van der Waals surface area contributed by atoms with Gasteiger partial charge in [0, 0.05) is 11.6 Å². The summed E-state index contributed by atoms with van der Waals surface area (Å²) >= 11 is 6.33. The van der Waals surface area contributed by atoms with Crippen LogP contribution in [0.2, 0.25) is 5.02 Å². The molecule has 1 fully saturated rings. The molecule has 0 bridgehead atoms. The van der Waals surface area contributed by atoms with Crippen LogP contribution in [0.15, 0.2) is 18.2 Å². The van der Waals surface area contributed by atoms with Gasteiger partial charge in [-0.2, -0.15) is 0 Å². The number of hydrogen-bond donors (Lipinski definition) is 1. The van der Waals surface area contributed by atoms with Crippen molar-refractivity contribution in [3.63, 3.8) is 0 Å². The number of rotatable bonds is 5. The SMILES string of the molecule is NOCCc1ccc(CN2CCCCC2)c(Cl)c1. The molecule has 0 saturated carbocycles. The summed E-state index contributed by atoms with van der Waals surface area (Å²) in [5.74, 6) is 5.03. The van der Waals surface area contributed by atoms with E-state index in [0.29, 0.717) is 6.61 Å². The molecule has 18 heavy (non-hydrogen) atoms. The van der Waals surface area contributed by atoms with E-state index in [1.807, 2.05) is 6.07 Å². The molecular weight excluding hydrogens is 248 g/mol. The van der Waals surface area contributed by atoms with Crippen LogP contribution >= 0.6 is 11.6 Å². The molecule has 2 rings (SSSR count). The van der Waals surface area contributed by atoms with E-state index in [2.05, 4.69) is 21.9 Å². The van der Waals surface area contributed by atoms with Gasteiger partial charge < -0.3 is 4.84 Å². The minimum absolute atomic E-state index is 0.530. The van der Waals surface area contributed by atoms with Crippen LogP contribution in [0, 0.1) is 0 Å². The van der Waals surface area contributed by atoms with Gasteiger partial charge in [-0.1, -0.05) is 30.2 Å². The van der Waals surface area contributed by atoms with Crippen molar-refractivity contribution in [2.24, 2.45) is 5.90 Å². The fraction of sp³-hybridized carbons (Fsp3) is 0.571. The highest BCUT2D eigenvalue weighted by molar-refractivity contribution is 6.31. The van der Waals surface area contributed by atoms with Crippen LogP contribution < -0.4 is 5.90 Å².